The molecule has 0 amide bonds. The van der Waals surface area contributed by atoms with Crippen LogP contribution in [0.1, 0.15) is 23.4 Å². The number of benzene rings is 1. The molecule has 1 heterocycles. The van der Waals surface area contributed by atoms with Crippen molar-refractivity contribution in [3.8, 4) is 0 Å². The third-order valence-electron chi connectivity index (χ3n) is 2.23. The summed E-state index contributed by atoms with van der Waals surface area (Å²) in [7, 11) is 1.61. The quantitative estimate of drug-likeness (QED) is 0.838. The van der Waals surface area contributed by atoms with Crippen LogP contribution in [0.3, 0.4) is 0 Å². The van der Waals surface area contributed by atoms with Gasteiger partial charge in [-0.2, -0.15) is 4.98 Å². The SMILES string of the molecule is COC(c1ccccc1)c1noc(CN)n1. The van der Waals surface area contributed by atoms with Gasteiger partial charge in [0.1, 0.15) is 6.10 Å². The highest BCUT2D eigenvalue weighted by Gasteiger charge is 2.19. The minimum absolute atomic E-state index is 0.234. The van der Waals surface area contributed by atoms with Crippen molar-refractivity contribution in [2.45, 2.75) is 12.6 Å². The van der Waals surface area contributed by atoms with Crippen LogP contribution in [0.15, 0.2) is 34.9 Å². The van der Waals surface area contributed by atoms with Gasteiger partial charge in [0, 0.05) is 7.11 Å². The van der Waals surface area contributed by atoms with Crippen molar-refractivity contribution in [3.63, 3.8) is 0 Å². The van der Waals surface area contributed by atoms with E-state index in [0.717, 1.165) is 5.56 Å². The molecule has 0 saturated heterocycles. The van der Waals surface area contributed by atoms with E-state index in [1.165, 1.54) is 0 Å². The first-order chi connectivity index (χ1) is 7.85. The van der Waals surface area contributed by atoms with Crippen LogP contribution in [0.2, 0.25) is 0 Å². The molecule has 0 spiro atoms. The molecule has 0 bridgehead atoms. The van der Waals surface area contributed by atoms with Crippen LogP contribution >= 0.6 is 0 Å². The Kier molecular flexibility index (Phi) is 3.28. The molecule has 84 valence electrons. The van der Waals surface area contributed by atoms with Gasteiger partial charge in [0.15, 0.2) is 0 Å². The number of hydrogen-bond donors (Lipinski definition) is 1. The monoisotopic (exact) mass is 219 g/mol. The van der Waals surface area contributed by atoms with Crippen molar-refractivity contribution in [1.82, 2.24) is 10.1 Å². The first-order valence-electron chi connectivity index (χ1n) is 4.95. The van der Waals surface area contributed by atoms with Crippen LogP contribution in [-0.2, 0) is 11.3 Å². The fourth-order valence-electron chi connectivity index (χ4n) is 1.48. The number of hydrogen-bond acceptors (Lipinski definition) is 5. The zero-order valence-electron chi connectivity index (χ0n) is 8.96. The van der Waals surface area contributed by atoms with Crippen LogP contribution in [-0.4, -0.2) is 17.3 Å². The Hall–Kier alpha value is -1.72. The molecule has 0 aliphatic carbocycles. The van der Waals surface area contributed by atoms with E-state index in [0.29, 0.717) is 11.7 Å². The Balaban J connectivity index is 2.29. The third-order valence-corrected chi connectivity index (χ3v) is 2.23. The molecular weight excluding hydrogens is 206 g/mol. The summed E-state index contributed by atoms with van der Waals surface area (Å²) in [6.45, 7) is 0.234. The van der Waals surface area contributed by atoms with Gasteiger partial charge in [0.2, 0.25) is 11.7 Å². The zero-order valence-corrected chi connectivity index (χ0v) is 8.96. The number of aromatic nitrogens is 2. The van der Waals surface area contributed by atoms with Crippen LogP contribution in [0, 0.1) is 0 Å². The average Bonchev–Trinajstić information content (AvgIpc) is 2.80. The Morgan fingerprint density at radius 2 is 2.12 bits per heavy atom. The van der Waals surface area contributed by atoms with Crippen LogP contribution in [0.25, 0.3) is 0 Å². The number of nitrogens with two attached hydrogens (primary N) is 1. The number of methoxy groups -OCH3 is 1. The zero-order chi connectivity index (χ0) is 11.4. The summed E-state index contributed by atoms with van der Waals surface area (Å²) in [5.74, 6) is 0.905. The van der Waals surface area contributed by atoms with Gasteiger partial charge in [-0.15, -0.1) is 0 Å². The van der Waals surface area contributed by atoms with E-state index >= 15 is 0 Å². The lowest BCUT2D eigenvalue weighted by atomic mass is 10.1. The summed E-state index contributed by atoms with van der Waals surface area (Å²) in [4.78, 5) is 4.15. The minimum Gasteiger partial charge on any atom is -0.369 e. The van der Waals surface area contributed by atoms with Gasteiger partial charge in [0.25, 0.3) is 0 Å². The summed E-state index contributed by atoms with van der Waals surface area (Å²) in [6.07, 6.45) is -0.315. The summed E-state index contributed by atoms with van der Waals surface area (Å²) in [5.41, 5.74) is 6.39. The summed E-state index contributed by atoms with van der Waals surface area (Å²) in [6, 6.07) is 9.72. The number of nitrogens with zero attached hydrogens (tertiary/aromatic N) is 2. The van der Waals surface area contributed by atoms with Crippen LogP contribution < -0.4 is 5.73 Å². The van der Waals surface area contributed by atoms with Gasteiger partial charge in [-0.05, 0) is 5.56 Å². The Bertz CT molecular complexity index is 442. The standard InChI is InChI=1S/C11H13N3O2/c1-15-10(8-5-3-2-4-6-8)11-13-9(7-12)16-14-11/h2-6,10H,7,12H2,1H3. The molecule has 0 aliphatic rings. The smallest absolute Gasteiger partial charge is 0.240 e. The van der Waals surface area contributed by atoms with Gasteiger partial charge >= 0.3 is 0 Å². The molecule has 0 saturated carbocycles. The van der Waals surface area contributed by atoms with Gasteiger partial charge in [0.05, 0.1) is 6.54 Å². The maximum atomic E-state index is 5.41. The molecule has 2 rings (SSSR count). The highest BCUT2D eigenvalue weighted by Crippen LogP contribution is 2.22. The second kappa shape index (κ2) is 4.87. The maximum Gasteiger partial charge on any atom is 0.240 e. The summed E-state index contributed by atoms with van der Waals surface area (Å²) >= 11 is 0. The van der Waals surface area contributed by atoms with E-state index in [2.05, 4.69) is 10.1 Å². The highest BCUT2D eigenvalue weighted by molar-refractivity contribution is 5.22. The van der Waals surface area contributed by atoms with Crippen molar-refractivity contribution in [2.75, 3.05) is 7.11 Å². The first kappa shape index (κ1) is 10.8. The Morgan fingerprint density at radius 1 is 1.38 bits per heavy atom. The molecule has 1 aromatic heterocycles. The molecule has 1 unspecified atom stereocenters. The molecule has 1 atom stereocenters. The molecule has 0 aliphatic heterocycles. The minimum atomic E-state index is -0.315. The molecule has 1 aromatic carbocycles. The van der Waals surface area contributed by atoms with Crippen molar-refractivity contribution in [3.05, 3.63) is 47.6 Å². The lowest BCUT2D eigenvalue weighted by molar-refractivity contribution is 0.126. The molecule has 16 heavy (non-hydrogen) atoms. The van der Waals surface area contributed by atoms with Gasteiger partial charge in [-0.1, -0.05) is 35.5 Å². The van der Waals surface area contributed by atoms with Crippen molar-refractivity contribution in [2.24, 2.45) is 5.73 Å². The molecular formula is C11H13N3O2. The lowest BCUT2D eigenvalue weighted by Gasteiger charge is -2.10. The van der Waals surface area contributed by atoms with Crippen molar-refractivity contribution >= 4 is 0 Å². The third kappa shape index (κ3) is 2.10. The molecule has 2 N–H and O–H groups in total. The van der Waals surface area contributed by atoms with E-state index in [1.54, 1.807) is 7.11 Å². The topological polar surface area (TPSA) is 74.2 Å². The molecule has 5 heteroatoms. The average molecular weight is 219 g/mol. The molecule has 0 radical (unpaired) electrons. The van der Waals surface area contributed by atoms with E-state index in [9.17, 15) is 0 Å². The largest absolute Gasteiger partial charge is 0.369 e. The second-order valence-corrected chi connectivity index (χ2v) is 3.28. The highest BCUT2D eigenvalue weighted by atomic mass is 16.5. The molecule has 0 fully saturated rings. The van der Waals surface area contributed by atoms with Crippen molar-refractivity contribution < 1.29 is 9.26 Å². The normalized spacial score (nSPS) is 12.6. The van der Waals surface area contributed by atoms with E-state index in [-0.39, 0.29) is 12.6 Å². The maximum absolute atomic E-state index is 5.41. The van der Waals surface area contributed by atoms with Gasteiger partial charge in [-0.25, -0.2) is 0 Å². The van der Waals surface area contributed by atoms with E-state index in [1.807, 2.05) is 30.3 Å². The second-order valence-electron chi connectivity index (χ2n) is 3.28. The summed E-state index contributed by atoms with van der Waals surface area (Å²) < 4.78 is 10.3. The van der Waals surface area contributed by atoms with Crippen LogP contribution in [0.4, 0.5) is 0 Å². The first-order valence-corrected chi connectivity index (χ1v) is 4.95. The number of rotatable bonds is 4. The van der Waals surface area contributed by atoms with Gasteiger partial charge in [-0.3, -0.25) is 0 Å². The fourth-order valence-corrected chi connectivity index (χ4v) is 1.48. The predicted molar refractivity (Wildman–Crippen MR) is 57.5 cm³/mol. The number of ether oxygens (including phenoxy) is 1. The Labute approximate surface area is 93.2 Å². The van der Waals surface area contributed by atoms with Gasteiger partial charge < -0.3 is 15.0 Å². The fraction of sp³-hybridized carbons (Fsp3) is 0.273. The van der Waals surface area contributed by atoms with E-state index in [4.69, 9.17) is 15.0 Å². The Morgan fingerprint density at radius 3 is 2.69 bits per heavy atom. The van der Waals surface area contributed by atoms with Crippen molar-refractivity contribution in [1.29, 1.82) is 0 Å². The molecule has 2 aromatic rings. The summed E-state index contributed by atoms with van der Waals surface area (Å²) in [5, 5.41) is 3.84. The predicted octanol–water partition coefficient (Wildman–Crippen LogP) is 1.26. The molecule has 5 nitrogen and oxygen atoms in total. The lowest BCUT2D eigenvalue weighted by Crippen LogP contribution is -2.06. The van der Waals surface area contributed by atoms with Crippen LogP contribution in [0.5, 0.6) is 0 Å². The van der Waals surface area contributed by atoms with E-state index < -0.39 is 0 Å².